The van der Waals surface area contributed by atoms with Gasteiger partial charge in [0.25, 0.3) is 0 Å². The lowest BCUT2D eigenvalue weighted by Crippen LogP contribution is -2.54. The number of fused-ring (bicyclic) bond motifs is 2. The Kier molecular flexibility index (Phi) is 7.87. The number of ether oxygens (including phenoxy) is 1. The number of benzene rings is 2. The van der Waals surface area contributed by atoms with E-state index >= 15 is 0 Å². The van der Waals surface area contributed by atoms with Gasteiger partial charge in [0, 0.05) is 48.9 Å². The van der Waals surface area contributed by atoms with Crippen molar-refractivity contribution in [1.29, 1.82) is 5.26 Å². The summed E-state index contributed by atoms with van der Waals surface area (Å²) in [4.78, 5) is 30.5. The number of nitriles is 1. The Bertz CT molecular complexity index is 1490. The number of hydrogen-bond donors (Lipinski definition) is 0. The van der Waals surface area contributed by atoms with Crippen LogP contribution in [0.2, 0.25) is 0 Å². The lowest BCUT2D eigenvalue weighted by atomic mass is 9.99. The topological polar surface area (TPSA) is 88.8 Å². The van der Waals surface area contributed by atoms with Crippen LogP contribution in [0.4, 0.5) is 16.3 Å². The van der Waals surface area contributed by atoms with Crippen molar-refractivity contribution in [3.8, 4) is 12.1 Å². The molecule has 41 heavy (non-hydrogen) atoms. The molecule has 0 saturated carbocycles. The van der Waals surface area contributed by atoms with Crippen molar-refractivity contribution in [1.82, 2.24) is 19.8 Å². The molecule has 2 saturated heterocycles. The zero-order valence-corrected chi connectivity index (χ0v) is 24.5. The number of likely N-dealkylation sites (tertiary alicyclic amines) is 1. The van der Waals surface area contributed by atoms with E-state index in [1.807, 2.05) is 0 Å². The number of hydrogen-bond acceptors (Lipinski definition) is 8. The summed E-state index contributed by atoms with van der Waals surface area (Å²) in [6.07, 6.45) is 3.28. The number of aryl methyl sites for hydroxylation is 1. The van der Waals surface area contributed by atoms with E-state index in [0.29, 0.717) is 44.8 Å². The first-order valence-electron chi connectivity index (χ1n) is 14.5. The monoisotopic (exact) mass is 573 g/mol. The Morgan fingerprint density at radius 1 is 1.10 bits per heavy atom. The Balaban J connectivity index is 1.34. The van der Waals surface area contributed by atoms with Gasteiger partial charge in [0.2, 0.25) is 0 Å². The average Bonchev–Trinajstić information content (AvgIpc) is 3.39. The summed E-state index contributed by atoms with van der Waals surface area (Å²) in [7, 11) is 2.14. The minimum atomic E-state index is -0.514. The van der Waals surface area contributed by atoms with Crippen LogP contribution in [0, 0.1) is 18.3 Å². The van der Waals surface area contributed by atoms with Gasteiger partial charge in [0.05, 0.1) is 30.8 Å². The second kappa shape index (κ2) is 11.7. The molecule has 0 radical (unpaired) electrons. The van der Waals surface area contributed by atoms with Gasteiger partial charge >= 0.3 is 11.4 Å². The highest BCUT2D eigenvalue weighted by atomic mass is 35.5. The highest BCUT2D eigenvalue weighted by Gasteiger charge is 2.34. The van der Waals surface area contributed by atoms with Crippen LogP contribution < -0.4 is 14.5 Å². The second-order valence-electron chi connectivity index (χ2n) is 11.4. The Morgan fingerprint density at radius 2 is 1.93 bits per heavy atom. The molecule has 0 unspecified atom stereocenters. The molecule has 1 amide bonds. The number of aromatic nitrogens is 2. The Hall–Kier alpha value is -3.61. The van der Waals surface area contributed by atoms with E-state index in [0.717, 1.165) is 43.0 Å². The van der Waals surface area contributed by atoms with Crippen LogP contribution >= 0.6 is 11.6 Å². The molecule has 9 nitrogen and oxygen atoms in total. The fourth-order valence-electron chi connectivity index (χ4n) is 6.61. The Morgan fingerprint density at radius 3 is 2.68 bits per heavy atom. The molecule has 10 heteroatoms. The number of nitrogens with zero attached hydrogens (tertiary/aromatic N) is 7. The fraction of sp³-hybridized carbons (Fsp3) is 0.484. The van der Waals surface area contributed by atoms with E-state index in [1.165, 1.54) is 28.4 Å². The van der Waals surface area contributed by atoms with E-state index in [4.69, 9.17) is 26.3 Å². The predicted octanol–water partition coefficient (Wildman–Crippen LogP) is 4.74. The summed E-state index contributed by atoms with van der Waals surface area (Å²) >= 11 is 5.87. The van der Waals surface area contributed by atoms with Crippen LogP contribution in [0.15, 0.2) is 36.4 Å². The van der Waals surface area contributed by atoms with Gasteiger partial charge in [0.1, 0.15) is 12.4 Å². The van der Waals surface area contributed by atoms with Crippen molar-refractivity contribution in [2.75, 3.05) is 56.2 Å². The molecule has 0 spiro atoms. The molecular weight excluding hydrogens is 538 g/mol. The van der Waals surface area contributed by atoms with E-state index in [-0.39, 0.29) is 12.5 Å². The highest BCUT2D eigenvalue weighted by Crippen LogP contribution is 2.36. The zero-order valence-electron chi connectivity index (χ0n) is 23.7. The van der Waals surface area contributed by atoms with Crippen LogP contribution in [0.1, 0.15) is 36.1 Å². The lowest BCUT2D eigenvalue weighted by molar-refractivity contribution is 0.185. The molecule has 1 aromatic heterocycles. The van der Waals surface area contributed by atoms with Gasteiger partial charge in [-0.3, -0.25) is 4.79 Å². The minimum Gasteiger partial charge on any atom is -0.462 e. The minimum absolute atomic E-state index is 0.216. The molecular formula is C31H36ClN7O2. The number of anilines is 2. The average molecular weight is 574 g/mol. The summed E-state index contributed by atoms with van der Waals surface area (Å²) in [5.74, 6) is 0.850. The summed E-state index contributed by atoms with van der Waals surface area (Å²) in [5, 5.41) is 11.4. The molecule has 0 aliphatic carbocycles. The lowest BCUT2D eigenvalue weighted by Gasteiger charge is -2.41. The van der Waals surface area contributed by atoms with Crippen LogP contribution in [0.25, 0.3) is 10.8 Å². The van der Waals surface area contributed by atoms with Gasteiger partial charge in [-0.2, -0.15) is 15.2 Å². The number of halogens is 1. The van der Waals surface area contributed by atoms with Gasteiger partial charge in [-0.05, 0) is 68.4 Å². The number of likely N-dealkylation sites (N-methyl/N-ethyl adjacent to an activating group) is 1. The normalized spacial score (nSPS) is 21.2. The van der Waals surface area contributed by atoms with Crippen LogP contribution in [-0.2, 0) is 13.0 Å². The third-order valence-corrected chi connectivity index (χ3v) is 9.08. The van der Waals surface area contributed by atoms with E-state index in [1.54, 1.807) is 4.90 Å². The molecule has 4 heterocycles. The third kappa shape index (κ3) is 5.51. The molecule has 3 aromatic rings. The largest absolute Gasteiger partial charge is 0.462 e. The molecule has 0 bridgehead atoms. The number of carbonyl (C=O) groups is 1. The SMILES string of the molecule is Cc1cccc2cccc(N3CCc4c(nc(OC[C@@H]5CCCN5C)nc4N4CCN(C(=O)Cl)[C@@H](CC#N)C4)C3)c12. The smallest absolute Gasteiger partial charge is 0.318 e. The first-order valence-corrected chi connectivity index (χ1v) is 14.8. The molecule has 3 aliphatic heterocycles. The van der Waals surface area contributed by atoms with Crippen LogP contribution in [-0.4, -0.2) is 83.6 Å². The number of rotatable bonds is 6. The summed E-state index contributed by atoms with van der Waals surface area (Å²) in [5.41, 5.74) is 4.55. The molecule has 2 atom stereocenters. The van der Waals surface area contributed by atoms with Crippen LogP contribution in [0.3, 0.4) is 0 Å². The Labute approximate surface area is 246 Å². The van der Waals surface area contributed by atoms with E-state index in [2.05, 4.69) is 71.1 Å². The van der Waals surface area contributed by atoms with Crippen LogP contribution in [0.5, 0.6) is 6.01 Å². The van der Waals surface area contributed by atoms with Crippen molar-refractivity contribution < 1.29 is 9.53 Å². The third-order valence-electron chi connectivity index (χ3n) is 8.87. The maximum Gasteiger partial charge on any atom is 0.318 e. The summed E-state index contributed by atoms with van der Waals surface area (Å²) in [6.45, 7) is 6.80. The molecule has 2 aromatic carbocycles. The summed E-state index contributed by atoms with van der Waals surface area (Å²) in [6, 6.07) is 15.6. The van der Waals surface area contributed by atoms with E-state index in [9.17, 15) is 10.1 Å². The maximum atomic E-state index is 12.0. The van der Waals surface area contributed by atoms with Crippen molar-refractivity contribution in [3.05, 3.63) is 53.2 Å². The molecule has 3 aliphatic rings. The van der Waals surface area contributed by atoms with Crippen molar-refractivity contribution in [2.45, 2.75) is 51.2 Å². The molecule has 214 valence electrons. The maximum absolute atomic E-state index is 12.0. The zero-order chi connectivity index (χ0) is 28.5. The standard InChI is InChI=1S/C31H36ClN7O2/c1-21-6-3-7-22-8-4-10-27(28(21)22)37-15-12-25-26(19-37)34-31(41-20-24-9-5-14-36(24)2)35-29(25)38-16-17-39(30(32)40)23(18-38)11-13-33/h3-4,6-8,10,23-24H,5,9,11-12,14-20H2,1-2H3/t23-,24-/m0/s1. The predicted molar refractivity (Wildman–Crippen MR) is 161 cm³/mol. The van der Waals surface area contributed by atoms with Crippen molar-refractivity contribution in [2.24, 2.45) is 0 Å². The molecule has 6 rings (SSSR count). The van der Waals surface area contributed by atoms with E-state index < -0.39 is 5.37 Å². The number of carbonyl (C=O) groups excluding carboxylic acids is 1. The molecule has 0 N–H and O–H groups in total. The van der Waals surface area contributed by atoms with Gasteiger partial charge in [-0.15, -0.1) is 0 Å². The molecule has 2 fully saturated rings. The quantitative estimate of drug-likeness (QED) is 0.309. The van der Waals surface area contributed by atoms with Gasteiger partial charge in [-0.25, -0.2) is 0 Å². The van der Waals surface area contributed by atoms with Gasteiger partial charge in [-0.1, -0.05) is 30.3 Å². The van der Waals surface area contributed by atoms with Gasteiger partial charge in [0.15, 0.2) is 0 Å². The summed E-state index contributed by atoms with van der Waals surface area (Å²) < 4.78 is 6.27. The van der Waals surface area contributed by atoms with Gasteiger partial charge < -0.3 is 24.3 Å². The van der Waals surface area contributed by atoms with Crippen molar-refractivity contribution >= 4 is 39.2 Å². The second-order valence-corrected chi connectivity index (χ2v) is 11.7. The first kappa shape index (κ1) is 27.6. The number of amides is 1. The first-order chi connectivity index (χ1) is 19.9. The van der Waals surface area contributed by atoms with Crippen molar-refractivity contribution in [3.63, 3.8) is 0 Å². The number of piperazine rings is 1. The highest BCUT2D eigenvalue weighted by molar-refractivity contribution is 6.62. The fourth-order valence-corrected chi connectivity index (χ4v) is 6.83.